The Labute approximate surface area is 178 Å². The first-order valence-corrected chi connectivity index (χ1v) is 10.3. The first-order valence-electron chi connectivity index (χ1n) is 10.3. The number of hydrogen-bond acceptors (Lipinski definition) is 7. The molecule has 1 fully saturated rings. The van der Waals surface area contributed by atoms with Crippen LogP contribution < -0.4 is 4.90 Å². The van der Waals surface area contributed by atoms with Crippen LogP contribution in [-0.4, -0.2) is 73.2 Å². The third-order valence-corrected chi connectivity index (χ3v) is 5.77. The molecule has 0 aliphatic carbocycles. The largest absolute Gasteiger partial charge is 0.352 e. The molecule has 5 aromatic rings. The van der Waals surface area contributed by atoms with Crippen LogP contribution in [0.2, 0.25) is 0 Å². The lowest BCUT2D eigenvalue weighted by molar-refractivity contribution is 0.312. The molecule has 0 spiro atoms. The number of fused-ring (bicyclic) bond motifs is 2. The molecule has 5 aromatic heterocycles. The fraction of sp³-hybridized carbons (Fsp3) is 0.227. The summed E-state index contributed by atoms with van der Waals surface area (Å²) in [6, 6.07) is 9.81. The highest BCUT2D eigenvalue weighted by Crippen LogP contribution is 2.30. The second kappa shape index (κ2) is 7.13. The number of piperazine rings is 1. The molecule has 0 saturated carbocycles. The fourth-order valence-corrected chi connectivity index (χ4v) is 4.02. The molecule has 9 heteroatoms. The molecule has 0 amide bonds. The van der Waals surface area contributed by atoms with E-state index in [9.17, 15) is 0 Å². The molecule has 0 atom stereocenters. The number of pyridine rings is 3. The van der Waals surface area contributed by atoms with Crippen LogP contribution in [-0.2, 0) is 0 Å². The summed E-state index contributed by atoms with van der Waals surface area (Å²) in [5.41, 5.74) is 5.94. The molecule has 9 nitrogen and oxygen atoms in total. The van der Waals surface area contributed by atoms with Gasteiger partial charge >= 0.3 is 0 Å². The molecular formula is C22H21N9. The van der Waals surface area contributed by atoms with Crippen molar-refractivity contribution >= 4 is 27.9 Å². The van der Waals surface area contributed by atoms with Gasteiger partial charge in [0.15, 0.2) is 17.3 Å². The highest BCUT2D eigenvalue weighted by atomic mass is 15.3. The van der Waals surface area contributed by atoms with Gasteiger partial charge in [-0.05, 0) is 37.4 Å². The van der Waals surface area contributed by atoms with Gasteiger partial charge in [-0.2, -0.15) is 5.10 Å². The number of H-pyrrole nitrogens is 2. The van der Waals surface area contributed by atoms with Gasteiger partial charge in [-0.15, -0.1) is 0 Å². The normalized spacial score (nSPS) is 15.2. The van der Waals surface area contributed by atoms with E-state index in [2.05, 4.69) is 42.0 Å². The summed E-state index contributed by atoms with van der Waals surface area (Å²) in [7, 11) is 2.15. The molecule has 1 aliphatic heterocycles. The van der Waals surface area contributed by atoms with E-state index in [-0.39, 0.29) is 0 Å². The number of aromatic amines is 2. The Bertz CT molecular complexity index is 1360. The molecule has 0 bridgehead atoms. The van der Waals surface area contributed by atoms with E-state index >= 15 is 0 Å². The Morgan fingerprint density at radius 1 is 0.903 bits per heavy atom. The fourth-order valence-electron chi connectivity index (χ4n) is 4.02. The van der Waals surface area contributed by atoms with Crippen LogP contribution in [0.25, 0.3) is 44.8 Å². The van der Waals surface area contributed by atoms with Gasteiger partial charge in [-0.1, -0.05) is 0 Å². The molecule has 1 saturated heterocycles. The van der Waals surface area contributed by atoms with Gasteiger partial charge in [0, 0.05) is 50.3 Å². The highest BCUT2D eigenvalue weighted by molar-refractivity contribution is 5.93. The molecule has 31 heavy (non-hydrogen) atoms. The summed E-state index contributed by atoms with van der Waals surface area (Å²) < 4.78 is 0. The summed E-state index contributed by atoms with van der Waals surface area (Å²) in [5, 5.41) is 7.58. The van der Waals surface area contributed by atoms with Crippen molar-refractivity contribution in [3.8, 4) is 22.8 Å². The van der Waals surface area contributed by atoms with Gasteiger partial charge in [-0.25, -0.2) is 15.0 Å². The van der Waals surface area contributed by atoms with Crippen molar-refractivity contribution < 1.29 is 0 Å². The van der Waals surface area contributed by atoms with Crippen LogP contribution in [0.5, 0.6) is 0 Å². The molecule has 0 radical (unpaired) electrons. The third kappa shape index (κ3) is 3.10. The Kier molecular flexibility index (Phi) is 4.13. The topological polar surface area (TPSA) is 103 Å². The SMILES string of the molecule is CN1CCN(c2nccc3[nH]c(-c4n[nH]c5ccc(-c6cccnc6)nc45)nc23)CC1. The van der Waals surface area contributed by atoms with Crippen molar-refractivity contribution in [3.63, 3.8) is 0 Å². The smallest absolute Gasteiger partial charge is 0.161 e. The Balaban J connectivity index is 1.44. The Hall–Kier alpha value is -3.85. The van der Waals surface area contributed by atoms with Crippen LogP contribution in [0.4, 0.5) is 5.82 Å². The Morgan fingerprint density at radius 2 is 1.81 bits per heavy atom. The third-order valence-electron chi connectivity index (χ3n) is 5.77. The first-order chi connectivity index (χ1) is 15.3. The molecule has 1 aliphatic rings. The maximum Gasteiger partial charge on any atom is 0.161 e. The number of likely N-dealkylation sites (N-methyl/N-ethyl adjacent to an activating group) is 1. The minimum Gasteiger partial charge on any atom is -0.352 e. The molecule has 6 rings (SSSR count). The van der Waals surface area contributed by atoms with E-state index in [1.807, 2.05) is 42.7 Å². The van der Waals surface area contributed by atoms with Gasteiger partial charge in [0.2, 0.25) is 0 Å². The summed E-state index contributed by atoms with van der Waals surface area (Å²) in [5.74, 6) is 1.59. The predicted octanol–water partition coefficient (Wildman–Crippen LogP) is 2.71. The van der Waals surface area contributed by atoms with E-state index in [1.54, 1.807) is 6.20 Å². The van der Waals surface area contributed by atoms with Crippen LogP contribution in [0.3, 0.4) is 0 Å². The van der Waals surface area contributed by atoms with E-state index < -0.39 is 0 Å². The second-order valence-corrected chi connectivity index (χ2v) is 7.81. The second-order valence-electron chi connectivity index (χ2n) is 7.81. The van der Waals surface area contributed by atoms with Gasteiger partial charge in [-0.3, -0.25) is 10.1 Å². The van der Waals surface area contributed by atoms with Crippen LogP contribution >= 0.6 is 0 Å². The summed E-state index contributed by atoms with van der Waals surface area (Å²) in [4.78, 5) is 26.6. The van der Waals surface area contributed by atoms with Gasteiger partial charge in [0.1, 0.15) is 11.0 Å². The van der Waals surface area contributed by atoms with E-state index in [4.69, 9.17) is 9.97 Å². The zero-order valence-corrected chi connectivity index (χ0v) is 17.1. The van der Waals surface area contributed by atoms with Crippen molar-refractivity contribution in [2.24, 2.45) is 0 Å². The van der Waals surface area contributed by atoms with Gasteiger partial charge in [0.25, 0.3) is 0 Å². The standard InChI is InChI=1S/C22H21N9/c1-30-9-11-31(12-10-30)22-19-16(6-8-24-22)26-21(27-19)20-18-17(28-29-20)5-4-15(25-18)14-3-2-7-23-13-14/h2-8,13H,9-12H2,1H3,(H,26,27)(H,28,29). The predicted molar refractivity (Wildman–Crippen MR) is 120 cm³/mol. The number of rotatable bonds is 3. The molecule has 154 valence electrons. The van der Waals surface area contributed by atoms with Crippen LogP contribution in [0.1, 0.15) is 0 Å². The van der Waals surface area contributed by atoms with Crippen molar-refractivity contribution in [1.29, 1.82) is 0 Å². The van der Waals surface area contributed by atoms with Crippen molar-refractivity contribution in [3.05, 3.63) is 48.9 Å². The molecule has 0 aromatic carbocycles. The minimum atomic E-state index is 0.681. The number of anilines is 1. The lowest BCUT2D eigenvalue weighted by Crippen LogP contribution is -2.44. The van der Waals surface area contributed by atoms with E-state index in [0.29, 0.717) is 11.5 Å². The van der Waals surface area contributed by atoms with Crippen LogP contribution in [0, 0.1) is 0 Å². The van der Waals surface area contributed by atoms with E-state index in [1.165, 1.54) is 0 Å². The van der Waals surface area contributed by atoms with E-state index in [0.717, 1.165) is 65.3 Å². The number of nitrogens with one attached hydrogen (secondary N) is 2. The highest BCUT2D eigenvalue weighted by Gasteiger charge is 2.21. The van der Waals surface area contributed by atoms with Gasteiger partial charge in [0.05, 0.1) is 16.7 Å². The number of aromatic nitrogens is 7. The minimum absolute atomic E-state index is 0.681. The quantitative estimate of drug-likeness (QED) is 0.471. The first kappa shape index (κ1) is 18.0. The zero-order chi connectivity index (χ0) is 20.8. The summed E-state index contributed by atoms with van der Waals surface area (Å²) in [6.45, 7) is 3.90. The average Bonchev–Trinajstić information content (AvgIpc) is 3.43. The zero-order valence-electron chi connectivity index (χ0n) is 17.1. The Morgan fingerprint density at radius 3 is 2.65 bits per heavy atom. The maximum atomic E-state index is 4.89. The molecule has 0 unspecified atom stereocenters. The lowest BCUT2D eigenvalue weighted by Gasteiger charge is -2.33. The number of imidazole rings is 1. The maximum absolute atomic E-state index is 4.89. The lowest BCUT2D eigenvalue weighted by atomic mass is 10.2. The molecular weight excluding hydrogens is 390 g/mol. The van der Waals surface area contributed by atoms with Crippen molar-refractivity contribution in [1.82, 2.24) is 40.0 Å². The van der Waals surface area contributed by atoms with Crippen molar-refractivity contribution in [2.75, 3.05) is 38.1 Å². The average molecular weight is 411 g/mol. The molecule has 2 N–H and O–H groups in total. The molecule has 6 heterocycles. The summed E-state index contributed by atoms with van der Waals surface area (Å²) >= 11 is 0. The monoisotopic (exact) mass is 411 g/mol. The van der Waals surface area contributed by atoms with Gasteiger partial charge < -0.3 is 14.8 Å². The number of nitrogens with zero attached hydrogens (tertiary/aromatic N) is 7. The van der Waals surface area contributed by atoms with Crippen LogP contribution in [0.15, 0.2) is 48.9 Å². The number of hydrogen-bond donors (Lipinski definition) is 2. The summed E-state index contributed by atoms with van der Waals surface area (Å²) in [6.07, 6.45) is 5.40. The van der Waals surface area contributed by atoms with Crippen molar-refractivity contribution in [2.45, 2.75) is 0 Å².